The highest BCUT2D eigenvalue weighted by atomic mass is 16.4. The Labute approximate surface area is 116 Å². The number of aryl methyl sites for hydroxylation is 1. The predicted octanol–water partition coefficient (Wildman–Crippen LogP) is 2.95. The molecule has 1 aromatic carbocycles. The fourth-order valence-electron chi connectivity index (χ4n) is 2.11. The number of benzene rings is 1. The lowest BCUT2D eigenvalue weighted by atomic mass is 10.1. The molecule has 102 valence electrons. The van der Waals surface area contributed by atoms with Crippen molar-refractivity contribution in [2.24, 2.45) is 0 Å². The van der Waals surface area contributed by atoms with E-state index in [2.05, 4.69) is 15.5 Å². The lowest BCUT2D eigenvalue weighted by molar-refractivity contribution is 0.442. The van der Waals surface area contributed by atoms with Crippen LogP contribution in [0.2, 0.25) is 0 Å². The van der Waals surface area contributed by atoms with Gasteiger partial charge in [-0.1, -0.05) is 30.3 Å². The van der Waals surface area contributed by atoms with Crippen LogP contribution in [0.5, 0.6) is 0 Å². The second-order valence-electron chi connectivity index (χ2n) is 4.51. The second-order valence-corrected chi connectivity index (χ2v) is 4.51. The summed E-state index contributed by atoms with van der Waals surface area (Å²) in [6, 6.07) is 11.7. The maximum Gasteiger partial charge on any atom is 0.283 e. The molecule has 0 saturated heterocycles. The Morgan fingerprint density at radius 3 is 2.55 bits per heavy atom. The maximum atomic E-state index is 5.74. The summed E-state index contributed by atoms with van der Waals surface area (Å²) in [6.45, 7) is 1.94. The second kappa shape index (κ2) is 5.30. The van der Waals surface area contributed by atoms with Gasteiger partial charge in [-0.25, -0.2) is 0 Å². The van der Waals surface area contributed by atoms with E-state index >= 15 is 0 Å². The molecule has 0 aliphatic heterocycles. The van der Waals surface area contributed by atoms with Crippen LogP contribution in [0.3, 0.4) is 0 Å². The van der Waals surface area contributed by atoms with E-state index in [4.69, 9.17) is 8.83 Å². The number of aromatic nitrogens is 2. The van der Waals surface area contributed by atoms with Crippen molar-refractivity contribution in [2.75, 3.05) is 7.05 Å². The minimum Gasteiger partial charge on any atom is -0.459 e. The highest BCUT2D eigenvalue weighted by Gasteiger charge is 2.21. The van der Waals surface area contributed by atoms with Gasteiger partial charge in [-0.3, -0.25) is 0 Å². The molecule has 1 unspecified atom stereocenters. The zero-order chi connectivity index (χ0) is 13.9. The van der Waals surface area contributed by atoms with Crippen LogP contribution in [0.4, 0.5) is 0 Å². The van der Waals surface area contributed by atoms with Gasteiger partial charge < -0.3 is 14.2 Å². The third-order valence-corrected chi connectivity index (χ3v) is 3.17. The van der Waals surface area contributed by atoms with Crippen molar-refractivity contribution in [3.8, 4) is 11.7 Å². The third kappa shape index (κ3) is 2.23. The van der Waals surface area contributed by atoms with Crippen molar-refractivity contribution in [1.82, 2.24) is 15.5 Å². The van der Waals surface area contributed by atoms with Crippen LogP contribution in [-0.4, -0.2) is 17.2 Å². The van der Waals surface area contributed by atoms with Gasteiger partial charge in [0.05, 0.1) is 6.26 Å². The summed E-state index contributed by atoms with van der Waals surface area (Å²) in [4.78, 5) is 0. The predicted molar refractivity (Wildman–Crippen MR) is 74.1 cm³/mol. The van der Waals surface area contributed by atoms with Gasteiger partial charge >= 0.3 is 0 Å². The first-order chi connectivity index (χ1) is 9.79. The zero-order valence-corrected chi connectivity index (χ0v) is 11.3. The Bertz CT molecular complexity index is 688. The van der Waals surface area contributed by atoms with Gasteiger partial charge in [-0.2, -0.15) is 0 Å². The van der Waals surface area contributed by atoms with Crippen molar-refractivity contribution in [3.05, 3.63) is 59.7 Å². The Kier molecular flexibility index (Phi) is 3.35. The van der Waals surface area contributed by atoms with E-state index in [1.807, 2.05) is 50.4 Å². The van der Waals surface area contributed by atoms with Gasteiger partial charge in [-0.05, 0) is 25.6 Å². The van der Waals surface area contributed by atoms with Gasteiger partial charge in [-0.15, -0.1) is 10.2 Å². The molecule has 0 aliphatic carbocycles. The number of nitrogens with zero attached hydrogens (tertiary/aromatic N) is 2. The van der Waals surface area contributed by atoms with Crippen LogP contribution >= 0.6 is 0 Å². The molecule has 1 atom stereocenters. The van der Waals surface area contributed by atoms with Crippen LogP contribution in [0.15, 0.2) is 51.5 Å². The first kappa shape index (κ1) is 12.6. The summed E-state index contributed by atoms with van der Waals surface area (Å²) in [7, 11) is 1.86. The van der Waals surface area contributed by atoms with Gasteiger partial charge in [0.25, 0.3) is 5.89 Å². The van der Waals surface area contributed by atoms with Crippen molar-refractivity contribution in [3.63, 3.8) is 0 Å². The fourth-order valence-corrected chi connectivity index (χ4v) is 2.11. The number of nitrogens with one attached hydrogen (secondary N) is 1. The smallest absolute Gasteiger partial charge is 0.283 e. The third-order valence-electron chi connectivity index (χ3n) is 3.17. The van der Waals surface area contributed by atoms with Gasteiger partial charge in [0.1, 0.15) is 6.04 Å². The SMILES string of the molecule is CNC(c1ccccc1)c1nnc(-c2occc2C)o1. The normalized spacial score (nSPS) is 12.5. The Hall–Kier alpha value is -2.40. The van der Waals surface area contributed by atoms with Crippen molar-refractivity contribution in [1.29, 1.82) is 0 Å². The van der Waals surface area contributed by atoms with Crippen molar-refractivity contribution in [2.45, 2.75) is 13.0 Å². The Balaban J connectivity index is 1.95. The summed E-state index contributed by atoms with van der Waals surface area (Å²) in [5, 5.41) is 11.4. The number of hydrogen-bond acceptors (Lipinski definition) is 5. The number of hydrogen-bond donors (Lipinski definition) is 1. The standard InChI is InChI=1S/C15H15N3O2/c1-10-8-9-19-13(10)15-18-17-14(20-15)12(16-2)11-6-4-3-5-7-11/h3-9,12,16H,1-2H3. The van der Waals surface area contributed by atoms with Crippen molar-refractivity contribution >= 4 is 0 Å². The summed E-state index contributed by atoms with van der Waals surface area (Å²) in [6.07, 6.45) is 1.61. The first-order valence-electron chi connectivity index (χ1n) is 6.39. The molecule has 0 bridgehead atoms. The minimum absolute atomic E-state index is 0.132. The summed E-state index contributed by atoms with van der Waals surface area (Å²) in [5.41, 5.74) is 2.04. The van der Waals surface area contributed by atoms with Crippen LogP contribution < -0.4 is 5.32 Å². The zero-order valence-electron chi connectivity index (χ0n) is 11.3. The van der Waals surface area contributed by atoms with Crippen LogP contribution in [0, 0.1) is 6.92 Å². The molecule has 0 radical (unpaired) electrons. The van der Waals surface area contributed by atoms with E-state index in [9.17, 15) is 0 Å². The molecule has 0 fully saturated rings. The van der Waals surface area contributed by atoms with Gasteiger partial charge in [0.15, 0.2) is 5.76 Å². The summed E-state index contributed by atoms with van der Waals surface area (Å²) in [5.74, 6) is 1.54. The van der Waals surface area contributed by atoms with E-state index < -0.39 is 0 Å². The topological polar surface area (TPSA) is 64.1 Å². The molecule has 3 aromatic rings. The highest BCUT2D eigenvalue weighted by molar-refractivity contribution is 5.49. The minimum atomic E-state index is -0.132. The largest absolute Gasteiger partial charge is 0.459 e. The molecule has 5 heteroatoms. The van der Waals surface area contributed by atoms with E-state index in [1.165, 1.54) is 0 Å². The molecular formula is C15H15N3O2. The van der Waals surface area contributed by atoms with Crippen LogP contribution in [0.25, 0.3) is 11.7 Å². The molecule has 5 nitrogen and oxygen atoms in total. The van der Waals surface area contributed by atoms with Crippen molar-refractivity contribution < 1.29 is 8.83 Å². The number of furan rings is 1. The number of rotatable bonds is 4. The molecule has 1 N–H and O–H groups in total. The van der Waals surface area contributed by atoms with Crippen LogP contribution in [-0.2, 0) is 0 Å². The summed E-state index contributed by atoms with van der Waals surface area (Å²) >= 11 is 0. The fraction of sp³-hybridized carbons (Fsp3) is 0.200. The molecule has 3 rings (SSSR count). The van der Waals surface area contributed by atoms with Crippen LogP contribution in [0.1, 0.15) is 23.1 Å². The molecular weight excluding hydrogens is 254 g/mol. The molecule has 0 amide bonds. The van der Waals surface area contributed by atoms with E-state index in [1.54, 1.807) is 6.26 Å². The summed E-state index contributed by atoms with van der Waals surface area (Å²) < 4.78 is 11.1. The van der Waals surface area contributed by atoms with E-state index in [0.717, 1.165) is 11.1 Å². The molecule has 20 heavy (non-hydrogen) atoms. The molecule has 0 saturated carbocycles. The van der Waals surface area contributed by atoms with E-state index in [-0.39, 0.29) is 6.04 Å². The molecule has 2 heterocycles. The molecule has 0 spiro atoms. The van der Waals surface area contributed by atoms with Gasteiger partial charge in [0, 0.05) is 5.56 Å². The lowest BCUT2D eigenvalue weighted by Gasteiger charge is -2.11. The monoisotopic (exact) mass is 269 g/mol. The average molecular weight is 269 g/mol. The highest BCUT2D eigenvalue weighted by Crippen LogP contribution is 2.26. The Morgan fingerprint density at radius 1 is 1.10 bits per heavy atom. The lowest BCUT2D eigenvalue weighted by Crippen LogP contribution is -2.17. The Morgan fingerprint density at radius 2 is 1.90 bits per heavy atom. The first-order valence-corrected chi connectivity index (χ1v) is 6.39. The molecule has 2 aromatic heterocycles. The van der Waals surface area contributed by atoms with E-state index in [0.29, 0.717) is 17.5 Å². The quantitative estimate of drug-likeness (QED) is 0.789. The maximum absolute atomic E-state index is 5.74. The average Bonchev–Trinajstić information content (AvgIpc) is 3.10. The molecule has 0 aliphatic rings. The van der Waals surface area contributed by atoms with Gasteiger partial charge in [0.2, 0.25) is 5.89 Å².